The van der Waals surface area contributed by atoms with E-state index in [1.807, 2.05) is 6.92 Å². The number of methoxy groups -OCH3 is 1. The maximum Gasteiger partial charge on any atom is 0.274 e. The summed E-state index contributed by atoms with van der Waals surface area (Å²) in [6, 6.07) is 1.66. The molecule has 0 aromatic carbocycles. The molecule has 8 nitrogen and oxygen atoms in total. The van der Waals surface area contributed by atoms with Crippen molar-refractivity contribution in [3.8, 4) is 0 Å². The number of carbonyl (C=O) groups is 1. The monoisotopic (exact) mass is 371 g/mol. The quantitative estimate of drug-likeness (QED) is 0.680. The van der Waals surface area contributed by atoms with E-state index in [1.165, 1.54) is 0 Å². The Morgan fingerprint density at radius 3 is 2.88 bits per heavy atom. The summed E-state index contributed by atoms with van der Waals surface area (Å²) >= 11 is 0. The van der Waals surface area contributed by atoms with E-state index in [0.717, 1.165) is 0 Å². The lowest BCUT2D eigenvalue weighted by Crippen LogP contribution is -2.68. The molecule has 2 saturated heterocycles. The van der Waals surface area contributed by atoms with Gasteiger partial charge in [-0.1, -0.05) is 0 Å². The Balaban J connectivity index is 1.67. The predicted octanol–water partition coefficient (Wildman–Crippen LogP) is 0.195. The van der Waals surface area contributed by atoms with Crippen molar-refractivity contribution in [1.29, 1.82) is 0 Å². The molecule has 0 bridgehead atoms. The normalized spacial score (nSPS) is 23.8. The molecule has 0 aliphatic carbocycles. The van der Waals surface area contributed by atoms with Crippen LogP contribution in [0.2, 0.25) is 0 Å². The van der Waals surface area contributed by atoms with Gasteiger partial charge in [0.25, 0.3) is 5.91 Å². The van der Waals surface area contributed by atoms with Gasteiger partial charge < -0.3 is 14.4 Å². The van der Waals surface area contributed by atoms with Crippen molar-refractivity contribution in [2.24, 2.45) is 5.92 Å². The minimum atomic E-state index is -3.20. The molecule has 2 aliphatic heterocycles. The molecule has 0 unspecified atom stereocenters. The van der Waals surface area contributed by atoms with E-state index in [2.05, 4.69) is 5.10 Å². The molecule has 1 aromatic heterocycles. The zero-order valence-electron chi connectivity index (χ0n) is 14.7. The number of hydrogen-bond acceptors (Lipinski definition) is 6. The van der Waals surface area contributed by atoms with Crippen molar-refractivity contribution in [3.05, 3.63) is 18.0 Å². The minimum absolute atomic E-state index is 0.0410. The number of hydrogen-bond donors (Lipinski definition) is 0. The lowest BCUT2D eigenvalue weighted by atomic mass is 9.83. The van der Waals surface area contributed by atoms with Crippen LogP contribution >= 0.6 is 0 Å². The Morgan fingerprint density at radius 1 is 1.44 bits per heavy atom. The number of ether oxygens (including phenoxy) is 2. The molecule has 2 aliphatic rings. The summed E-state index contributed by atoms with van der Waals surface area (Å²) in [5.74, 6) is -0.0851. The maximum atomic E-state index is 12.6. The van der Waals surface area contributed by atoms with Crippen LogP contribution in [0.1, 0.15) is 23.8 Å². The number of nitrogens with zero attached hydrogens (tertiary/aromatic N) is 3. The SMILES string of the molecule is CCOC[C@H]1CCS(=O)(=O)C12CN(C(=O)c1ccn(CCOC)n1)C2. The van der Waals surface area contributed by atoms with E-state index in [-0.39, 0.29) is 30.7 Å². The molecule has 3 heterocycles. The van der Waals surface area contributed by atoms with Gasteiger partial charge in [-0.05, 0) is 19.4 Å². The van der Waals surface area contributed by atoms with Crippen molar-refractivity contribution < 1.29 is 22.7 Å². The van der Waals surface area contributed by atoms with Gasteiger partial charge in [-0.3, -0.25) is 9.48 Å². The predicted molar refractivity (Wildman–Crippen MR) is 91.1 cm³/mol. The van der Waals surface area contributed by atoms with E-state index in [0.29, 0.717) is 38.5 Å². The van der Waals surface area contributed by atoms with Crippen LogP contribution in [0.25, 0.3) is 0 Å². The number of aromatic nitrogens is 2. The Labute approximate surface area is 148 Å². The molecule has 2 fully saturated rings. The third-order valence-electron chi connectivity index (χ3n) is 5.21. The van der Waals surface area contributed by atoms with Crippen LogP contribution in [0, 0.1) is 5.92 Å². The average molecular weight is 371 g/mol. The second-order valence-electron chi connectivity index (χ2n) is 6.65. The Kier molecular flexibility index (Phi) is 5.17. The molecule has 1 atom stereocenters. The summed E-state index contributed by atoms with van der Waals surface area (Å²) in [5, 5.41) is 4.24. The van der Waals surface area contributed by atoms with Gasteiger partial charge >= 0.3 is 0 Å². The molecule has 25 heavy (non-hydrogen) atoms. The van der Waals surface area contributed by atoms with Gasteiger partial charge in [-0.2, -0.15) is 5.10 Å². The van der Waals surface area contributed by atoms with Crippen LogP contribution < -0.4 is 0 Å². The molecule has 9 heteroatoms. The number of carbonyl (C=O) groups excluding carboxylic acids is 1. The first kappa shape index (κ1) is 18.3. The fraction of sp³-hybridized carbons (Fsp3) is 0.750. The van der Waals surface area contributed by atoms with Gasteiger partial charge in [0.2, 0.25) is 0 Å². The lowest BCUT2D eigenvalue weighted by Gasteiger charge is -2.49. The Morgan fingerprint density at radius 2 is 2.20 bits per heavy atom. The molecule has 140 valence electrons. The Bertz CT molecular complexity index is 724. The number of rotatable bonds is 7. The summed E-state index contributed by atoms with van der Waals surface area (Å²) in [4.78, 5) is 14.2. The van der Waals surface area contributed by atoms with Crippen LogP contribution in [0.3, 0.4) is 0 Å². The van der Waals surface area contributed by atoms with Gasteiger partial charge in [-0.15, -0.1) is 0 Å². The molecule has 3 rings (SSSR count). The number of likely N-dealkylation sites (tertiary alicyclic amines) is 1. The highest BCUT2D eigenvalue weighted by molar-refractivity contribution is 7.93. The number of sulfone groups is 1. The van der Waals surface area contributed by atoms with E-state index in [4.69, 9.17) is 9.47 Å². The van der Waals surface area contributed by atoms with Crippen molar-refractivity contribution >= 4 is 15.7 Å². The second kappa shape index (κ2) is 7.05. The molecule has 0 saturated carbocycles. The van der Waals surface area contributed by atoms with Gasteiger partial charge in [0, 0.05) is 38.9 Å². The van der Waals surface area contributed by atoms with E-state index in [1.54, 1.807) is 29.0 Å². The van der Waals surface area contributed by atoms with Crippen molar-refractivity contribution in [1.82, 2.24) is 14.7 Å². The highest BCUT2D eigenvalue weighted by atomic mass is 32.2. The maximum absolute atomic E-state index is 12.6. The van der Waals surface area contributed by atoms with Crippen LogP contribution in [0.15, 0.2) is 12.3 Å². The smallest absolute Gasteiger partial charge is 0.274 e. The fourth-order valence-corrected chi connectivity index (χ4v) is 6.06. The van der Waals surface area contributed by atoms with Gasteiger partial charge in [0.1, 0.15) is 10.4 Å². The second-order valence-corrected chi connectivity index (χ2v) is 9.10. The third-order valence-corrected chi connectivity index (χ3v) is 7.81. The minimum Gasteiger partial charge on any atom is -0.383 e. The molecular formula is C16H25N3O5S. The van der Waals surface area contributed by atoms with Crippen molar-refractivity contribution in [3.63, 3.8) is 0 Å². The van der Waals surface area contributed by atoms with Gasteiger partial charge in [0.05, 0.1) is 25.5 Å². The summed E-state index contributed by atoms with van der Waals surface area (Å²) in [6.07, 6.45) is 2.34. The Hall–Kier alpha value is -1.45. The van der Waals surface area contributed by atoms with Crippen molar-refractivity contribution in [2.45, 2.75) is 24.6 Å². The molecule has 1 spiro atoms. The van der Waals surface area contributed by atoms with E-state index < -0.39 is 14.6 Å². The van der Waals surface area contributed by atoms with Crippen LogP contribution in [0.4, 0.5) is 0 Å². The van der Waals surface area contributed by atoms with Crippen LogP contribution in [-0.2, 0) is 25.9 Å². The first-order valence-electron chi connectivity index (χ1n) is 8.55. The first-order chi connectivity index (χ1) is 11.9. The van der Waals surface area contributed by atoms with Crippen molar-refractivity contribution in [2.75, 3.05) is 45.8 Å². The standard InChI is InChI=1S/C16H25N3O5S/c1-3-24-10-13-5-9-25(21,22)16(13)11-18(12-16)15(20)14-4-6-19(17-14)7-8-23-2/h4,6,13H,3,5,7-12H2,1-2H3/t13-/m1/s1. The van der Waals surface area contributed by atoms with Crippen LogP contribution in [0.5, 0.6) is 0 Å². The molecule has 0 radical (unpaired) electrons. The highest BCUT2D eigenvalue weighted by Crippen LogP contribution is 2.45. The lowest BCUT2D eigenvalue weighted by molar-refractivity contribution is 0.0266. The topological polar surface area (TPSA) is 90.7 Å². The summed E-state index contributed by atoms with van der Waals surface area (Å²) in [6.45, 7) is 4.44. The largest absolute Gasteiger partial charge is 0.383 e. The van der Waals surface area contributed by atoms with E-state index in [9.17, 15) is 13.2 Å². The molecule has 1 aromatic rings. The summed E-state index contributed by atoms with van der Waals surface area (Å²) in [7, 11) is -1.59. The zero-order valence-corrected chi connectivity index (χ0v) is 15.5. The van der Waals surface area contributed by atoms with Crippen LogP contribution in [-0.4, -0.2) is 79.5 Å². The zero-order chi connectivity index (χ0) is 18.1. The number of amides is 1. The highest BCUT2D eigenvalue weighted by Gasteiger charge is 2.62. The fourth-order valence-electron chi connectivity index (χ4n) is 3.66. The summed E-state index contributed by atoms with van der Waals surface area (Å²) in [5.41, 5.74) is 0.336. The third kappa shape index (κ3) is 3.20. The molecule has 1 amide bonds. The molecular weight excluding hydrogens is 346 g/mol. The van der Waals surface area contributed by atoms with Gasteiger partial charge in [0.15, 0.2) is 9.84 Å². The van der Waals surface area contributed by atoms with E-state index >= 15 is 0 Å². The summed E-state index contributed by atoms with van der Waals surface area (Å²) < 4.78 is 36.3. The molecule has 0 N–H and O–H groups in total. The average Bonchev–Trinajstić information content (AvgIpc) is 3.11. The van der Waals surface area contributed by atoms with Gasteiger partial charge in [-0.25, -0.2) is 8.42 Å². The first-order valence-corrected chi connectivity index (χ1v) is 10.2.